The molecule has 0 radical (unpaired) electrons. The number of urea groups is 1. The van der Waals surface area contributed by atoms with Gasteiger partial charge < -0.3 is 15.1 Å². The quantitative estimate of drug-likeness (QED) is 0.405. The number of piperazine rings is 1. The van der Waals surface area contributed by atoms with Crippen molar-refractivity contribution in [2.45, 2.75) is 31.8 Å². The number of fused-ring (bicyclic) bond motifs is 2. The van der Waals surface area contributed by atoms with Gasteiger partial charge in [-0.15, -0.1) is 0 Å². The molecule has 10 heteroatoms. The highest BCUT2D eigenvalue weighted by Gasteiger charge is 2.26. The van der Waals surface area contributed by atoms with Crippen LogP contribution >= 0.6 is 11.6 Å². The van der Waals surface area contributed by atoms with E-state index in [1.165, 1.54) is 17.7 Å². The van der Waals surface area contributed by atoms with E-state index in [0.29, 0.717) is 42.9 Å². The Hall–Kier alpha value is -3.69. The van der Waals surface area contributed by atoms with Crippen molar-refractivity contribution in [1.82, 2.24) is 29.2 Å². The first-order chi connectivity index (χ1) is 18.5. The molecule has 1 aliphatic heterocycles. The van der Waals surface area contributed by atoms with Crippen molar-refractivity contribution in [1.29, 1.82) is 0 Å². The molecule has 196 valence electrons. The van der Waals surface area contributed by atoms with Crippen LogP contribution in [0.4, 0.5) is 16.4 Å². The summed E-state index contributed by atoms with van der Waals surface area (Å²) >= 11 is 6.05. The molecule has 1 N–H and O–H groups in total. The van der Waals surface area contributed by atoms with Crippen LogP contribution in [0.1, 0.15) is 35.8 Å². The van der Waals surface area contributed by atoms with Crippen LogP contribution in [0.25, 0.3) is 5.65 Å². The van der Waals surface area contributed by atoms with Gasteiger partial charge in [0.05, 0.1) is 17.4 Å². The molecule has 0 bridgehead atoms. The average molecular weight is 531 g/mol. The molecule has 1 saturated heterocycles. The van der Waals surface area contributed by atoms with Crippen molar-refractivity contribution in [2.75, 3.05) is 43.4 Å². The van der Waals surface area contributed by atoms with Crippen LogP contribution in [0.2, 0.25) is 5.02 Å². The van der Waals surface area contributed by atoms with Crippen molar-refractivity contribution in [3.8, 4) is 0 Å². The number of rotatable bonds is 5. The monoisotopic (exact) mass is 530 g/mol. The third-order valence-electron chi connectivity index (χ3n) is 7.45. The molecular formula is C28H31ClN8O. The van der Waals surface area contributed by atoms with Gasteiger partial charge in [0.15, 0.2) is 0 Å². The third kappa shape index (κ3) is 5.04. The van der Waals surface area contributed by atoms with Crippen LogP contribution in [0.5, 0.6) is 0 Å². The molecule has 6 rings (SSSR count). The van der Waals surface area contributed by atoms with Gasteiger partial charge in [0.1, 0.15) is 5.65 Å². The minimum atomic E-state index is -0.121. The molecule has 4 heterocycles. The van der Waals surface area contributed by atoms with Gasteiger partial charge in [0.2, 0.25) is 5.95 Å². The standard InChI is InChI=1S/C28H31ClN8O/c1-34(24-9-2-5-20-6-4-11-30-26(20)24)18-23-19-37-25(32-23)10-12-31-27(37)35-13-15-36(16-14-35)28(38)33-22-8-3-7-21(29)17-22/h3-4,6-8,10-12,17,19,24H,2,5,9,13-16,18H2,1H3,(H,33,38)/t24-/m0/s1. The van der Waals surface area contributed by atoms with Crippen LogP contribution < -0.4 is 10.2 Å². The number of carbonyl (C=O) groups excluding carboxylic acids is 1. The average Bonchev–Trinajstić information content (AvgIpc) is 3.35. The first kappa shape index (κ1) is 24.6. The Morgan fingerprint density at radius 2 is 1.97 bits per heavy atom. The van der Waals surface area contributed by atoms with E-state index in [0.717, 1.165) is 36.7 Å². The number of nitrogens with zero attached hydrogens (tertiary/aromatic N) is 7. The van der Waals surface area contributed by atoms with E-state index < -0.39 is 0 Å². The Kier molecular flexibility index (Phi) is 6.86. The number of carbonyl (C=O) groups is 1. The number of anilines is 2. The van der Waals surface area contributed by atoms with E-state index in [4.69, 9.17) is 21.6 Å². The molecule has 2 aliphatic rings. The second-order valence-electron chi connectivity index (χ2n) is 9.99. The van der Waals surface area contributed by atoms with E-state index in [-0.39, 0.29) is 6.03 Å². The van der Waals surface area contributed by atoms with E-state index in [1.54, 1.807) is 12.1 Å². The van der Waals surface area contributed by atoms with E-state index in [1.807, 2.05) is 41.6 Å². The molecule has 3 aromatic heterocycles. The summed E-state index contributed by atoms with van der Waals surface area (Å²) in [6, 6.07) is 13.5. The van der Waals surface area contributed by atoms with Gasteiger partial charge in [-0.25, -0.2) is 14.8 Å². The molecule has 38 heavy (non-hydrogen) atoms. The number of imidazole rings is 1. The van der Waals surface area contributed by atoms with E-state index >= 15 is 0 Å². The lowest BCUT2D eigenvalue weighted by atomic mass is 9.91. The number of nitrogens with one attached hydrogen (secondary N) is 1. The molecule has 1 aromatic carbocycles. The summed E-state index contributed by atoms with van der Waals surface area (Å²) in [5.74, 6) is 0.850. The molecule has 2 amide bonds. The summed E-state index contributed by atoms with van der Waals surface area (Å²) in [6.45, 7) is 3.31. The minimum Gasteiger partial charge on any atom is -0.338 e. The summed E-state index contributed by atoms with van der Waals surface area (Å²) in [5.41, 5.74) is 5.13. The Labute approximate surface area is 227 Å². The van der Waals surface area contributed by atoms with Crippen LogP contribution in [0, 0.1) is 0 Å². The maximum atomic E-state index is 12.8. The predicted molar refractivity (Wildman–Crippen MR) is 149 cm³/mol. The summed E-state index contributed by atoms with van der Waals surface area (Å²) in [5, 5.41) is 3.53. The van der Waals surface area contributed by atoms with Crippen molar-refractivity contribution in [2.24, 2.45) is 0 Å². The van der Waals surface area contributed by atoms with Crippen molar-refractivity contribution < 1.29 is 4.79 Å². The van der Waals surface area contributed by atoms with E-state index in [2.05, 4.69) is 43.8 Å². The summed E-state index contributed by atoms with van der Waals surface area (Å²) < 4.78 is 2.07. The fraction of sp³-hybridized carbons (Fsp3) is 0.357. The minimum absolute atomic E-state index is 0.121. The highest BCUT2D eigenvalue weighted by atomic mass is 35.5. The number of amides is 2. The number of aromatic nitrogens is 4. The smallest absolute Gasteiger partial charge is 0.321 e. The molecule has 1 aliphatic carbocycles. The zero-order chi connectivity index (χ0) is 26.1. The second-order valence-corrected chi connectivity index (χ2v) is 10.4. The van der Waals surface area contributed by atoms with Gasteiger partial charge in [0.25, 0.3) is 0 Å². The lowest BCUT2D eigenvalue weighted by molar-refractivity contribution is 0.206. The Morgan fingerprint density at radius 3 is 2.82 bits per heavy atom. The number of halogens is 1. The van der Waals surface area contributed by atoms with Crippen molar-refractivity contribution in [3.05, 3.63) is 83.0 Å². The molecule has 4 aromatic rings. The number of aryl methyl sites for hydroxylation is 1. The van der Waals surface area contributed by atoms with Gasteiger partial charge in [-0.1, -0.05) is 23.7 Å². The van der Waals surface area contributed by atoms with Crippen LogP contribution in [-0.2, 0) is 13.0 Å². The fourth-order valence-corrected chi connectivity index (χ4v) is 5.71. The number of pyridine rings is 1. The molecule has 1 fully saturated rings. The zero-order valence-corrected chi connectivity index (χ0v) is 22.2. The van der Waals surface area contributed by atoms with Crippen LogP contribution in [-0.4, -0.2) is 68.4 Å². The van der Waals surface area contributed by atoms with Gasteiger partial charge in [-0.2, -0.15) is 0 Å². The first-order valence-corrected chi connectivity index (χ1v) is 13.5. The Bertz CT molecular complexity index is 1450. The molecule has 0 unspecified atom stereocenters. The Morgan fingerprint density at radius 1 is 1.11 bits per heavy atom. The molecule has 9 nitrogen and oxygen atoms in total. The number of hydrogen-bond donors (Lipinski definition) is 1. The third-order valence-corrected chi connectivity index (χ3v) is 7.68. The first-order valence-electron chi connectivity index (χ1n) is 13.1. The van der Waals surface area contributed by atoms with Crippen LogP contribution in [0.3, 0.4) is 0 Å². The highest BCUT2D eigenvalue weighted by molar-refractivity contribution is 6.30. The SMILES string of the molecule is CN(Cc1cn2c(N3CCN(C(=O)Nc4cccc(Cl)c4)CC3)nccc2n1)[C@H]1CCCc2cccnc21. The van der Waals surface area contributed by atoms with E-state index in [9.17, 15) is 4.79 Å². The number of benzene rings is 1. The summed E-state index contributed by atoms with van der Waals surface area (Å²) in [4.78, 5) is 33.4. The van der Waals surface area contributed by atoms with Crippen LogP contribution in [0.15, 0.2) is 61.1 Å². The lowest BCUT2D eigenvalue weighted by Gasteiger charge is -2.35. The van der Waals surface area contributed by atoms with Crippen molar-refractivity contribution >= 4 is 34.9 Å². The largest absolute Gasteiger partial charge is 0.338 e. The normalized spacial score (nSPS) is 17.6. The highest BCUT2D eigenvalue weighted by Crippen LogP contribution is 2.32. The summed E-state index contributed by atoms with van der Waals surface area (Å²) in [7, 11) is 2.16. The second kappa shape index (κ2) is 10.6. The van der Waals surface area contributed by atoms with Gasteiger partial charge in [-0.3, -0.25) is 14.3 Å². The topological polar surface area (TPSA) is 81.9 Å². The maximum absolute atomic E-state index is 12.8. The fourth-order valence-electron chi connectivity index (χ4n) is 5.52. The van der Waals surface area contributed by atoms with Crippen molar-refractivity contribution in [3.63, 3.8) is 0 Å². The van der Waals surface area contributed by atoms with Gasteiger partial charge in [-0.05, 0) is 62.2 Å². The predicted octanol–water partition coefficient (Wildman–Crippen LogP) is 4.64. The lowest BCUT2D eigenvalue weighted by Crippen LogP contribution is -2.50. The molecule has 0 saturated carbocycles. The molecular weight excluding hydrogens is 500 g/mol. The molecule has 0 spiro atoms. The Balaban J connectivity index is 1.13. The zero-order valence-electron chi connectivity index (χ0n) is 21.4. The van der Waals surface area contributed by atoms with Gasteiger partial charge >= 0.3 is 6.03 Å². The number of hydrogen-bond acceptors (Lipinski definition) is 6. The van der Waals surface area contributed by atoms with Gasteiger partial charge in [0, 0.05) is 62.0 Å². The molecule has 1 atom stereocenters. The summed E-state index contributed by atoms with van der Waals surface area (Å²) in [6.07, 6.45) is 9.19. The maximum Gasteiger partial charge on any atom is 0.321 e.